The number of carbonyl (C=O) groups excluding carboxylic acids is 12. The molecular formula is C80H127F5N12O14. The molecule has 111 heavy (non-hydrogen) atoms. The first kappa shape index (κ1) is 89.5. The molecule has 2 saturated heterocycles. The van der Waals surface area contributed by atoms with Gasteiger partial charge in [0.25, 0.3) is 0 Å². The predicted octanol–water partition coefficient (Wildman–Crippen LogP) is 6.75. The van der Waals surface area contributed by atoms with E-state index in [2.05, 4.69) is 22.9 Å². The molecule has 31 heteroatoms. The summed E-state index contributed by atoms with van der Waals surface area (Å²) in [5.74, 6) is -13.4. The summed E-state index contributed by atoms with van der Waals surface area (Å²) < 4.78 is 85.7. The van der Waals surface area contributed by atoms with Crippen LogP contribution < -0.4 is 16.0 Å². The summed E-state index contributed by atoms with van der Waals surface area (Å²) in [5.41, 5.74) is -2.33. The second-order valence-corrected chi connectivity index (χ2v) is 34.6. The molecule has 8 aliphatic rings. The molecule has 0 radical (unpaired) electrons. The van der Waals surface area contributed by atoms with Crippen molar-refractivity contribution in [3.05, 3.63) is 12.2 Å². The van der Waals surface area contributed by atoms with Crippen molar-refractivity contribution in [3.63, 3.8) is 0 Å². The highest BCUT2D eigenvalue weighted by atomic mass is 19.4. The third-order valence-corrected chi connectivity index (χ3v) is 25.5. The Bertz CT molecular complexity index is 3320. The van der Waals surface area contributed by atoms with Crippen LogP contribution in [0.25, 0.3) is 0 Å². The molecule has 26 nitrogen and oxygen atoms in total. The fraction of sp³-hybridized carbons (Fsp3) is 0.825. The molecule has 1 spiro atoms. The lowest BCUT2D eigenvalue weighted by molar-refractivity contribution is -0.219. The summed E-state index contributed by atoms with van der Waals surface area (Å²) >= 11 is 0. The quantitative estimate of drug-likeness (QED) is 0.107. The Balaban J connectivity index is 1.23. The smallest absolute Gasteiger partial charge is 0.382 e. The van der Waals surface area contributed by atoms with Gasteiger partial charge in [-0.1, -0.05) is 118 Å². The van der Waals surface area contributed by atoms with Crippen LogP contribution in [-0.2, 0) is 67.0 Å². The molecule has 0 aromatic rings. The second kappa shape index (κ2) is 38.4. The molecule has 12 atom stereocenters. The number of hydrogen-bond donors (Lipinski definition) is 3. The molecule has 626 valence electrons. The Morgan fingerprint density at radius 2 is 1.29 bits per heavy atom. The Labute approximate surface area is 652 Å². The Hall–Kier alpha value is -7.05. The van der Waals surface area contributed by atoms with Gasteiger partial charge in [-0.2, -0.15) is 13.2 Å². The van der Waals surface area contributed by atoms with Crippen LogP contribution in [0.1, 0.15) is 203 Å². The summed E-state index contributed by atoms with van der Waals surface area (Å²) in [6.45, 7) is 11.3. The van der Waals surface area contributed by atoms with Gasteiger partial charge in [-0.15, -0.1) is 0 Å². The Morgan fingerprint density at radius 3 is 1.86 bits per heavy atom. The summed E-state index contributed by atoms with van der Waals surface area (Å²) in [6.07, 6.45) is -1.81. The maximum Gasteiger partial charge on any atom is 0.397 e. The molecule has 3 aliphatic heterocycles. The summed E-state index contributed by atoms with van der Waals surface area (Å²) in [5, 5.41) is 8.72. The molecule has 5 saturated carbocycles. The number of hydrogen-bond acceptors (Lipinski definition) is 14. The highest BCUT2D eigenvalue weighted by molar-refractivity contribution is 6.01. The molecule has 7 fully saturated rings. The number of amides is 12. The zero-order valence-corrected chi connectivity index (χ0v) is 68.3. The van der Waals surface area contributed by atoms with Crippen molar-refractivity contribution in [1.82, 2.24) is 60.0 Å². The maximum atomic E-state index is 15.9. The van der Waals surface area contributed by atoms with Crippen molar-refractivity contribution in [3.8, 4) is 0 Å². The van der Waals surface area contributed by atoms with Crippen LogP contribution in [0.4, 0.5) is 22.0 Å². The van der Waals surface area contributed by atoms with Crippen LogP contribution in [0.5, 0.6) is 0 Å². The van der Waals surface area contributed by atoms with Gasteiger partial charge in [0.1, 0.15) is 78.7 Å². The monoisotopic (exact) mass is 1570 g/mol. The van der Waals surface area contributed by atoms with Crippen molar-refractivity contribution in [2.24, 2.45) is 40.9 Å². The maximum absolute atomic E-state index is 15.9. The first-order chi connectivity index (χ1) is 52.2. The highest BCUT2D eigenvalue weighted by Crippen LogP contribution is 2.50. The zero-order chi connectivity index (χ0) is 82.0. The van der Waals surface area contributed by atoms with E-state index in [-0.39, 0.29) is 70.2 Å². The van der Waals surface area contributed by atoms with Crippen molar-refractivity contribution in [2.75, 3.05) is 89.2 Å². The lowest BCUT2D eigenvalue weighted by Crippen LogP contribution is -2.71. The first-order valence-corrected chi connectivity index (χ1v) is 40.7. The fourth-order valence-electron chi connectivity index (χ4n) is 18.5. The number of likely N-dealkylation sites (N-methyl/N-ethyl adjacent to an activating group) is 6. The van der Waals surface area contributed by atoms with Crippen molar-refractivity contribution < 1.29 is 89.0 Å². The van der Waals surface area contributed by atoms with Gasteiger partial charge in [0.15, 0.2) is 0 Å². The average molecular weight is 1580 g/mol. The number of halogens is 5. The third kappa shape index (κ3) is 21.7. The van der Waals surface area contributed by atoms with Gasteiger partial charge >= 0.3 is 6.18 Å². The fourth-order valence-corrected chi connectivity index (χ4v) is 18.5. The molecule has 5 aliphatic carbocycles. The minimum absolute atomic E-state index is 0.0156. The first-order valence-electron chi connectivity index (χ1n) is 40.7. The van der Waals surface area contributed by atoms with Gasteiger partial charge in [-0.05, 0) is 118 Å². The van der Waals surface area contributed by atoms with Gasteiger partial charge < -0.3 is 69.5 Å². The van der Waals surface area contributed by atoms with Gasteiger partial charge in [-0.25, -0.2) is 8.78 Å². The van der Waals surface area contributed by atoms with Gasteiger partial charge in [0.2, 0.25) is 70.9 Å². The third-order valence-electron chi connectivity index (χ3n) is 25.5. The van der Waals surface area contributed by atoms with E-state index in [0.717, 1.165) is 53.2 Å². The molecule has 2 unspecified atom stereocenters. The highest BCUT2D eigenvalue weighted by Gasteiger charge is 2.60. The summed E-state index contributed by atoms with van der Waals surface area (Å²) in [6, 6.07) is -11.4. The SMILES string of the molecule is CCC(CC)[C@H]1C(=O)N(C)[C@H](C(=O)N(C)C)CC(=O)N(C)[C@@H](COC)C(=O)N[C@@H]([C@@H](C)CC)C(=O)N(C2CC2)CC(=O)N(C)[C@H]2C/C=C\CCN(C2=O)[C@@H](CC2CCC(C)CC2)C(=O)N(C)CC(=O)N[C@@H](CCC2CC(F)C(C(F)(F)F)C(F)C2)C(=O)N2C[C@H](OC3CCCC3)C[C@H]2C(=O)NC2(CC(C)(C)C2)C(=O)N1C. The Morgan fingerprint density at radius 1 is 0.658 bits per heavy atom. The van der Waals surface area contributed by atoms with E-state index in [1.165, 1.54) is 85.8 Å². The molecule has 3 heterocycles. The van der Waals surface area contributed by atoms with Crippen molar-refractivity contribution in [1.29, 1.82) is 0 Å². The van der Waals surface area contributed by atoms with E-state index in [1.807, 2.05) is 40.7 Å². The van der Waals surface area contributed by atoms with Crippen LogP contribution in [0.2, 0.25) is 0 Å². The van der Waals surface area contributed by atoms with E-state index < -0.39 is 223 Å². The van der Waals surface area contributed by atoms with E-state index in [1.54, 1.807) is 13.0 Å². The van der Waals surface area contributed by atoms with Crippen LogP contribution in [-0.4, -0.2) is 295 Å². The minimum Gasteiger partial charge on any atom is -0.382 e. The molecule has 0 aromatic carbocycles. The molecular weight excluding hydrogens is 1450 g/mol. The van der Waals surface area contributed by atoms with Crippen molar-refractivity contribution >= 4 is 70.9 Å². The number of ether oxygens (including phenoxy) is 2. The van der Waals surface area contributed by atoms with Crippen molar-refractivity contribution in [2.45, 2.75) is 293 Å². The summed E-state index contributed by atoms with van der Waals surface area (Å²) in [4.78, 5) is 195. The second-order valence-electron chi connectivity index (χ2n) is 34.6. The molecule has 2 bridgehead atoms. The lowest BCUT2D eigenvalue weighted by Gasteiger charge is -2.54. The van der Waals surface area contributed by atoms with Crippen LogP contribution >= 0.6 is 0 Å². The van der Waals surface area contributed by atoms with E-state index >= 15 is 51.9 Å². The number of fused-ring (bicyclic) bond motifs is 3. The molecule has 8 rings (SSSR count). The number of methoxy groups -OCH3 is 1. The number of rotatable bonds is 16. The normalized spacial score (nSPS) is 32.4. The van der Waals surface area contributed by atoms with Gasteiger partial charge in [-0.3, -0.25) is 57.5 Å². The number of nitrogens with zero attached hydrogens (tertiary/aromatic N) is 9. The zero-order valence-electron chi connectivity index (χ0n) is 68.3. The number of alkyl halides is 5. The summed E-state index contributed by atoms with van der Waals surface area (Å²) in [7, 11) is 11.1. The lowest BCUT2D eigenvalue weighted by atomic mass is 9.58. The molecule has 3 N–H and O–H groups in total. The molecule has 0 aromatic heterocycles. The molecule has 12 amide bonds. The Kier molecular flexibility index (Phi) is 31.0. The van der Waals surface area contributed by atoms with E-state index in [4.69, 9.17) is 9.47 Å². The van der Waals surface area contributed by atoms with Crippen LogP contribution in [0, 0.1) is 40.9 Å². The van der Waals surface area contributed by atoms with Gasteiger partial charge in [0, 0.05) is 82.0 Å². The predicted molar refractivity (Wildman–Crippen MR) is 403 cm³/mol. The van der Waals surface area contributed by atoms with Crippen LogP contribution in [0.3, 0.4) is 0 Å². The van der Waals surface area contributed by atoms with Crippen LogP contribution in [0.15, 0.2) is 12.2 Å². The minimum atomic E-state index is -5.18. The standard InChI is InChI=1S/C80H127F5N12O14/c1-16-48(5)67-75(107)96(52-32-33-52)43-65(100)91(11)58-26-20-19-23-35-95(74(58)106)61(38-49-29-27-47(4)28-30-49)73(105)90(10)42-63(98)86-57(34-31-50-36-55(81)66(56(82)37-50)80(83,84)85)71(103)97-41-54(111-53-24-21-22-25-53)39-59(97)70(102)88-79(45-78(6,7)46-79)77(109)94(14)68(51(17-2)18-3)76(108)93(13)60(72(104)89(8)9)40-64(99)92(12)62(44-110-15)69(101)87-67/h19-20,47-62,66-68H,16-18,21-46H2,1-15H3,(H,86,98)(H,87,101)(H,88,102)/b20-19-/t47?,48-,49?,50?,54+,55?,56?,57-,58-,59-,60-,61-,62-,66?,67-,68-/m0/s1. The number of carbonyl (C=O) groups is 12. The topological polar surface area (TPSA) is 289 Å². The van der Waals surface area contributed by atoms with E-state index in [9.17, 15) is 27.6 Å². The van der Waals surface area contributed by atoms with Gasteiger partial charge in [0.05, 0.1) is 31.8 Å². The van der Waals surface area contributed by atoms with E-state index in [0.29, 0.717) is 57.3 Å². The average Bonchev–Trinajstić information content (AvgIpc) is 1.60. The number of nitrogens with one attached hydrogen (secondary N) is 3. The largest absolute Gasteiger partial charge is 0.397 e.